The van der Waals surface area contributed by atoms with Gasteiger partial charge in [-0.3, -0.25) is 4.79 Å². The molecular weight excluding hydrogens is 428 g/mol. The Morgan fingerprint density at radius 1 is 1.06 bits per heavy atom. The van der Waals surface area contributed by atoms with Crippen LogP contribution < -0.4 is 0 Å². The summed E-state index contributed by atoms with van der Waals surface area (Å²) in [5, 5.41) is 23.6. The van der Waals surface area contributed by atoms with E-state index in [1.807, 2.05) is 20.8 Å². The molecule has 2 bridgehead atoms. The number of carbonyl (C=O) groups is 3. The lowest BCUT2D eigenvalue weighted by atomic mass is 9.38. The van der Waals surface area contributed by atoms with E-state index in [4.69, 9.17) is 14.2 Å². The van der Waals surface area contributed by atoms with Crippen LogP contribution in [0.5, 0.6) is 0 Å². The van der Waals surface area contributed by atoms with Crippen molar-refractivity contribution in [3.05, 3.63) is 35.5 Å². The molecule has 3 aliphatic heterocycles. The minimum absolute atomic E-state index is 0.138. The zero-order chi connectivity index (χ0) is 24.6. The van der Waals surface area contributed by atoms with Crippen molar-refractivity contribution in [2.45, 2.75) is 83.4 Å². The largest absolute Gasteiger partial charge is 0.458 e. The van der Waals surface area contributed by atoms with Crippen molar-refractivity contribution in [1.29, 1.82) is 0 Å². The van der Waals surface area contributed by atoms with Gasteiger partial charge in [-0.15, -0.1) is 0 Å². The Bertz CT molecular complexity index is 1120. The number of carbonyl (C=O) groups excluding carboxylic acids is 3. The van der Waals surface area contributed by atoms with E-state index in [-0.39, 0.29) is 5.57 Å². The molecule has 1 saturated carbocycles. The van der Waals surface area contributed by atoms with Gasteiger partial charge in [-0.1, -0.05) is 25.2 Å². The number of esters is 3. The fourth-order valence-electron chi connectivity index (χ4n) is 7.71. The van der Waals surface area contributed by atoms with Crippen LogP contribution in [-0.4, -0.2) is 57.1 Å². The first-order chi connectivity index (χ1) is 15.1. The van der Waals surface area contributed by atoms with Crippen molar-refractivity contribution in [3.63, 3.8) is 0 Å². The SMILES string of the molecule is C=C1[C@]23C(=O)O[C@@H](C)[C@]2(O)C(=O)O[C@@]1(C)[C@H](O)C1=C(C)[C@@]2(C=CC(=O)OC2(C)C)CC[C@@]13C. The number of rotatable bonds is 0. The molecule has 0 amide bonds. The molecule has 178 valence electrons. The smallest absolute Gasteiger partial charge is 0.344 e. The van der Waals surface area contributed by atoms with Crippen molar-refractivity contribution in [3.8, 4) is 0 Å². The highest BCUT2D eigenvalue weighted by Crippen LogP contribution is 2.74. The lowest BCUT2D eigenvalue weighted by Crippen LogP contribution is -2.78. The Labute approximate surface area is 192 Å². The van der Waals surface area contributed by atoms with Crippen LogP contribution in [0.4, 0.5) is 0 Å². The first kappa shape index (κ1) is 22.3. The monoisotopic (exact) mass is 458 g/mol. The highest BCUT2D eigenvalue weighted by Gasteiger charge is 2.87. The number of aliphatic hydroxyl groups excluding tert-OH is 1. The normalized spacial score (nSPS) is 49.9. The molecule has 0 aromatic rings. The molecule has 8 nitrogen and oxygen atoms in total. The third-order valence-electron chi connectivity index (χ3n) is 9.66. The first-order valence-corrected chi connectivity index (χ1v) is 11.3. The average Bonchev–Trinajstić information content (AvgIpc) is 2.91. The quantitative estimate of drug-likeness (QED) is 0.321. The van der Waals surface area contributed by atoms with Crippen LogP contribution in [0.3, 0.4) is 0 Å². The van der Waals surface area contributed by atoms with Crippen LogP contribution in [0.1, 0.15) is 54.4 Å². The van der Waals surface area contributed by atoms with E-state index in [2.05, 4.69) is 6.58 Å². The van der Waals surface area contributed by atoms with Crippen LogP contribution in [0.15, 0.2) is 35.5 Å². The van der Waals surface area contributed by atoms with Gasteiger partial charge in [0.2, 0.25) is 5.60 Å². The molecule has 0 aromatic heterocycles. The van der Waals surface area contributed by atoms with Gasteiger partial charge < -0.3 is 24.4 Å². The molecular formula is C25H30O8. The molecule has 8 heteroatoms. The molecule has 2 spiro atoms. The number of hydrogen-bond acceptors (Lipinski definition) is 8. The van der Waals surface area contributed by atoms with Gasteiger partial charge in [-0.05, 0) is 58.6 Å². The van der Waals surface area contributed by atoms with Gasteiger partial charge in [0.25, 0.3) is 0 Å². The van der Waals surface area contributed by atoms with Crippen LogP contribution >= 0.6 is 0 Å². The standard InChI is InChI=1S/C25H30O8/c1-12-16-17(27)22(7)13(2)24(18(28)31-14(3)25(24,30)19(29)33-22)21(16,6)10-11-23(12)9-8-15(26)32-20(23,4)5/h8-9,14,17,27,30H,2,10-11H2,1,3-7H3/t14-,17+,21-,22+,23+,24+,25-/m0/s1. The Balaban J connectivity index is 1.89. The summed E-state index contributed by atoms with van der Waals surface area (Å²) < 4.78 is 16.9. The molecule has 5 rings (SSSR count). The predicted molar refractivity (Wildman–Crippen MR) is 114 cm³/mol. The molecule has 2 aliphatic carbocycles. The van der Waals surface area contributed by atoms with E-state index < -0.39 is 63.2 Å². The predicted octanol–water partition coefficient (Wildman–Crippen LogP) is 1.89. The summed E-state index contributed by atoms with van der Waals surface area (Å²) >= 11 is 0. The molecule has 3 heterocycles. The number of cyclic esters (lactones) is 2. The van der Waals surface area contributed by atoms with Crippen molar-refractivity contribution in [2.75, 3.05) is 0 Å². The van der Waals surface area contributed by atoms with Crippen LogP contribution in [-0.2, 0) is 28.6 Å². The zero-order valence-electron chi connectivity index (χ0n) is 19.8. The molecule has 3 fully saturated rings. The number of fused-ring (bicyclic) bond motifs is 2. The molecule has 0 unspecified atom stereocenters. The van der Waals surface area contributed by atoms with Gasteiger partial charge in [0.15, 0.2) is 5.60 Å². The third kappa shape index (κ3) is 1.94. The van der Waals surface area contributed by atoms with Crippen molar-refractivity contribution < 1.29 is 38.8 Å². The van der Waals surface area contributed by atoms with Crippen LogP contribution in [0.25, 0.3) is 0 Å². The fourth-order valence-corrected chi connectivity index (χ4v) is 7.71. The number of hydrogen-bond donors (Lipinski definition) is 2. The fraction of sp³-hybridized carbons (Fsp3) is 0.640. The Morgan fingerprint density at radius 2 is 1.70 bits per heavy atom. The zero-order valence-corrected chi connectivity index (χ0v) is 19.8. The number of aliphatic hydroxyl groups is 2. The van der Waals surface area contributed by atoms with E-state index in [1.165, 1.54) is 19.9 Å². The minimum atomic E-state index is -2.30. The van der Waals surface area contributed by atoms with E-state index >= 15 is 0 Å². The minimum Gasteiger partial charge on any atom is -0.458 e. The second kappa shape index (κ2) is 5.78. The van der Waals surface area contributed by atoms with Crippen molar-refractivity contribution in [1.82, 2.24) is 0 Å². The summed E-state index contributed by atoms with van der Waals surface area (Å²) in [6.45, 7) is 14.4. The lowest BCUT2D eigenvalue weighted by Gasteiger charge is -2.67. The van der Waals surface area contributed by atoms with Crippen LogP contribution in [0.2, 0.25) is 0 Å². The van der Waals surface area contributed by atoms with Gasteiger partial charge in [-0.25, -0.2) is 9.59 Å². The second-order valence-electron chi connectivity index (χ2n) is 11.0. The highest BCUT2D eigenvalue weighted by molar-refractivity contribution is 6.01. The Morgan fingerprint density at radius 3 is 2.30 bits per heavy atom. The maximum absolute atomic E-state index is 13.6. The molecule has 2 N–H and O–H groups in total. The molecule has 2 saturated heterocycles. The summed E-state index contributed by atoms with van der Waals surface area (Å²) in [5.74, 6) is -2.20. The Hall–Kier alpha value is -2.45. The third-order valence-corrected chi connectivity index (χ3v) is 9.66. The summed E-state index contributed by atoms with van der Waals surface area (Å²) in [4.78, 5) is 38.9. The maximum Gasteiger partial charge on any atom is 0.344 e. The van der Waals surface area contributed by atoms with Gasteiger partial charge >= 0.3 is 17.9 Å². The molecule has 0 radical (unpaired) electrons. The van der Waals surface area contributed by atoms with Gasteiger partial charge in [0.1, 0.15) is 23.2 Å². The van der Waals surface area contributed by atoms with E-state index in [0.29, 0.717) is 24.0 Å². The first-order valence-electron chi connectivity index (χ1n) is 11.3. The van der Waals surface area contributed by atoms with Crippen molar-refractivity contribution >= 4 is 17.9 Å². The summed E-state index contributed by atoms with van der Waals surface area (Å²) in [6, 6.07) is 0. The molecule has 5 aliphatic rings. The second-order valence-corrected chi connectivity index (χ2v) is 11.0. The maximum atomic E-state index is 13.6. The number of ether oxygens (including phenoxy) is 3. The van der Waals surface area contributed by atoms with E-state index in [1.54, 1.807) is 13.0 Å². The lowest BCUT2D eigenvalue weighted by molar-refractivity contribution is -0.241. The summed E-state index contributed by atoms with van der Waals surface area (Å²) in [7, 11) is 0. The molecule has 7 atom stereocenters. The Kier molecular flexibility index (Phi) is 3.91. The molecule has 33 heavy (non-hydrogen) atoms. The summed E-state index contributed by atoms with van der Waals surface area (Å²) in [6.07, 6.45) is 1.46. The van der Waals surface area contributed by atoms with Gasteiger partial charge in [0.05, 0.1) is 0 Å². The highest BCUT2D eigenvalue weighted by atomic mass is 16.6. The van der Waals surface area contributed by atoms with E-state index in [9.17, 15) is 24.6 Å². The van der Waals surface area contributed by atoms with Crippen molar-refractivity contribution in [2.24, 2.45) is 16.2 Å². The van der Waals surface area contributed by atoms with Gasteiger partial charge in [0, 0.05) is 16.9 Å². The summed E-state index contributed by atoms with van der Waals surface area (Å²) in [5.41, 5.74) is -7.34. The average molecular weight is 459 g/mol. The van der Waals surface area contributed by atoms with Gasteiger partial charge in [-0.2, -0.15) is 0 Å². The topological polar surface area (TPSA) is 119 Å². The molecule has 0 aromatic carbocycles. The van der Waals surface area contributed by atoms with Crippen LogP contribution in [0, 0.1) is 16.2 Å². The van der Waals surface area contributed by atoms with E-state index in [0.717, 1.165) is 0 Å².